The molecule has 1 aromatic carbocycles. The van der Waals surface area contributed by atoms with Gasteiger partial charge in [-0.05, 0) is 72.4 Å². The highest BCUT2D eigenvalue weighted by atomic mass is 79.9. The molecule has 0 radical (unpaired) electrons. The lowest BCUT2D eigenvalue weighted by molar-refractivity contribution is 0.0827. The zero-order chi connectivity index (χ0) is 15.2. The van der Waals surface area contributed by atoms with Crippen LogP contribution in [-0.2, 0) is 10.0 Å². The van der Waals surface area contributed by atoms with Gasteiger partial charge in [0, 0.05) is 22.7 Å². The maximum Gasteiger partial charge on any atom is 0.241 e. The minimum absolute atomic E-state index is 0.0155. The lowest BCUT2D eigenvalue weighted by atomic mass is 9.85. The van der Waals surface area contributed by atoms with Crippen LogP contribution in [0.2, 0.25) is 0 Å². The van der Waals surface area contributed by atoms with Crippen LogP contribution in [0.4, 0.5) is 5.69 Å². The van der Waals surface area contributed by atoms with E-state index in [1.807, 2.05) is 0 Å². The molecule has 0 aromatic heterocycles. The predicted octanol–water partition coefficient (Wildman–Crippen LogP) is 1.71. The normalized spacial score (nSPS) is 28.8. The number of nitrogen functional groups attached to an aromatic ring is 1. The monoisotopic (exact) mass is 373 g/mol. The number of aryl methyl sites for hydroxylation is 1. The van der Waals surface area contributed by atoms with Crippen LogP contribution < -0.4 is 10.5 Å². The molecule has 1 aromatic rings. The SMILES string of the molecule is Cc1cc(Br)c(N)cc1S(=O)(=O)NC1CN2CCC1CC2. The van der Waals surface area contributed by atoms with Crippen LogP contribution in [0, 0.1) is 12.8 Å². The Labute approximate surface area is 134 Å². The average molecular weight is 374 g/mol. The summed E-state index contributed by atoms with van der Waals surface area (Å²) in [5.74, 6) is 0.456. The topological polar surface area (TPSA) is 75.4 Å². The van der Waals surface area contributed by atoms with Gasteiger partial charge < -0.3 is 10.6 Å². The Bertz CT molecular complexity index is 654. The summed E-state index contributed by atoms with van der Waals surface area (Å²) in [5, 5.41) is 0. The van der Waals surface area contributed by atoms with Crippen molar-refractivity contribution in [3.63, 3.8) is 0 Å². The number of rotatable bonds is 3. The first-order chi connectivity index (χ1) is 9.87. The summed E-state index contributed by atoms with van der Waals surface area (Å²) >= 11 is 3.33. The molecular formula is C14H20BrN3O2S. The number of anilines is 1. The first-order valence-electron chi connectivity index (χ1n) is 7.17. The van der Waals surface area contributed by atoms with E-state index in [0.29, 0.717) is 17.2 Å². The number of fused-ring (bicyclic) bond motifs is 3. The van der Waals surface area contributed by atoms with Crippen molar-refractivity contribution >= 4 is 31.6 Å². The molecule has 3 aliphatic heterocycles. The molecule has 3 saturated heterocycles. The third-order valence-electron chi connectivity index (χ3n) is 4.55. The van der Waals surface area contributed by atoms with Crippen molar-refractivity contribution in [3.8, 4) is 0 Å². The molecule has 3 aliphatic rings. The van der Waals surface area contributed by atoms with E-state index >= 15 is 0 Å². The molecule has 4 rings (SSSR count). The third-order valence-corrected chi connectivity index (χ3v) is 6.87. The summed E-state index contributed by atoms with van der Waals surface area (Å²) in [5.41, 5.74) is 6.97. The van der Waals surface area contributed by atoms with Crippen LogP contribution in [0.1, 0.15) is 18.4 Å². The van der Waals surface area contributed by atoms with Crippen LogP contribution >= 0.6 is 15.9 Å². The van der Waals surface area contributed by atoms with E-state index in [1.54, 1.807) is 13.0 Å². The number of hydrogen-bond acceptors (Lipinski definition) is 4. The minimum Gasteiger partial charge on any atom is -0.398 e. The minimum atomic E-state index is -3.53. The highest BCUT2D eigenvalue weighted by molar-refractivity contribution is 9.10. The summed E-state index contributed by atoms with van der Waals surface area (Å²) < 4.78 is 28.9. The highest BCUT2D eigenvalue weighted by Gasteiger charge is 2.36. The zero-order valence-electron chi connectivity index (χ0n) is 12.0. The number of halogens is 1. The molecule has 0 amide bonds. The van der Waals surface area contributed by atoms with Gasteiger partial charge in [0.05, 0.1) is 4.90 Å². The van der Waals surface area contributed by atoms with Crippen molar-refractivity contribution in [2.45, 2.75) is 30.7 Å². The maximum absolute atomic E-state index is 12.7. The standard InChI is InChI=1S/C14H20BrN3O2S/c1-9-6-11(15)12(16)7-14(9)21(19,20)17-13-8-18-4-2-10(13)3-5-18/h6-7,10,13,17H,2-5,8,16H2,1H3. The molecule has 3 N–H and O–H groups in total. The van der Waals surface area contributed by atoms with Crippen molar-refractivity contribution in [2.24, 2.45) is 5.92 Å². The van der Waals surface area contributed by atoms with Gasteiger partial charge in [-0.2, -0.15) is 0 Å². The van der Waals surface area contributed by atoms with Crippen molar-refractivity contribution in [1.29, 1.82) is 0 Å². The van der Waals surface area contributed by atoms with Gasteiger partial charge in [0.15, 0.2) is 0 Å². The average Bonchev–Trinajstić information content (AvgIpc) is 2.43. The summed E-state index contributed by atoms with van der Waals surface area (Å²) in [7, 11) is -3.53. The van der Waals surface area contributed by atoms with E-state index in [-0.39, 0.29) is 10.9 Å². The maximum atomic E-state index is 12.7. The van der Waals surface area contributed by atoms with Crippen molar-refractivity contribution < 1.29 is 8.42 Å². The van der Waals surface area contributed by atoms with Crippen LogP contribution in [0.25, 0.3) is 0 Å². The quantitative estimate of drug-likeness (QED) is 0.790. The number of nitrogens with one attached hydrogen (secondary N) is 1. The number of benzene rings is 1. The van der Waals surface area contributed by atoms with Crippen molar-refractivity contribution in [1.82, 2.24) is 9.62 Å². The largest absolute Gasteiger partial charge is 0.398 e. The molecule has 5 nitrogen and oxygen atoms in total. The molecule has 21 heavy (non-hydrogen) atoms. The Morgan fingerprint density at radius 2 is 2.00 bits per heavy atom. The third kappa shape index (κ3) is 2.97. The molecule has 0 saturated carbocycles. The van der Waals surface area contributed by atoms with Gasteiger partial charge in [0.25, 0.3) is 0 Å². The number of hydrogen-bond donors (Lipinski definition) is 2. The first kappa shape index (κ1) is 15.3. The molecule has 3 heterocycles. The summed E-state index contributed by atoms with van der Waals surface area (Å²) in [4.78, 5) is 2.61. The number of nitrogens with two attached hydrogens (primary N) is 1. The highest BCUT2D eigenvalue weighted by Crippen LogP contribution is 2.30. The molecule has 0 spiro atoms. The lowest BCUT2D eigenvalue weighted by Gasteiger charge is -2.44. The second kappa shape index (κ2) is 5.53. The zero-order valence-corrected chi connectivity index (χ0v) is 14.4. The van der Waals surface area contributed by atoms with Crippen LogP contribution in [-0.4, -0.2) is 39.0 Å². The Balaban J connectivity index is 1.86. The Hall–Kier alpha value is -0.630. The second-order valence-corrected chi connectivity index (χ2v) is 8.54. The molecule has 7 heteroatoms. The molecule has 116 valence electrons. The van der Waals surface area contributed by atoms with Gasteiger partial charge in [0.2, 0.25) is 10.0 Å². The summed E-state index contributed by atoms with van der Waals surface area (Å²) in [6.07, 6.45) is 2.16. The van der Waals surface area contributed by atoms with E-state index in [2.05, 4.69) is 25.6 Å². The van der Waals surface area contributed by atoms with Crippen LogP contribution in [0.5, 0.6) is 0 Å². The van der Waals surface area contributed by atoms with E-state index in [0.717, 1.165) is 36.9 Å². The van der Waals surface area contributed by atoms with Gasteiger partial charge in [-0.1, -0.05) is 0 Å². The molecule has 1 atom stereocenters. The van der Waals surface area contributed by atoms with Gasteiger partial charge in [0.1, 0.15) is 0 Å². The fraction of sp³-hybridized carbons (Fsp3) is 0.571. The van der Waals surface area contributed by atoms with Crippen LogP contribution in [0.15, 0.2) is 21.5 Å². The van der Waals surface area contributed by atoms with E-state index in [4.69, 9.17) is 5.73 Å². The molecule has 3 fully saturated rings. The Kier molecular flexibility index (Phi) is 4.02. The fourth-order valence-electron chi connectivity index (χ4n) is 3.32. The second-order valence-electron chi connectivity index (χ2n) is 6.01. The van der Waals surface area contributed by atoms with Gasteiger partial charge in [-0.15, -0.1) is 0 Å². The number of piperidine rings is 3. The fourth-order valence-corrected chi connectivity index (χ4v) is 5.33. The van der Waals surface area contributed by atoms with Crippen molar-refractivity contribution in [3.05, 3.63) is 22.2 Å². The molecule has 2 bridgehead atoms. The van der Waals surface area contributed by atoms with Gasteiger partial charge >= 0.3 is 0 Å². The molecule has 0 aliphatic carbocycles. The van der Waals surface area contributed by atoms with Crippen LogP contribution in [0.3, 0.4) is 0 Å². The lowest BCUT2D eigenvalue weighted by Crippen LogP contribution is -2.57. The van der Waals surface area contributed by atoms with E-state index in [9.17, 15) is 8.42 Å². The van der Waals surface area contributed by atoms with Crippen molar-refractivity contribution in [2.75, 3.05) is 25.4 Å². The summed E-state index contributed by atoms with van der Waals surface area (Å²) in [6, 6.07) is 3.30. The molecular weight excluding hydrogens is 354 g/mol. The van der Waals surface area contributed by atoms with Gasteiger partial charge in [-0.3, -0.25) is 0 Å². The smallest absolute Gasteiger partial charge is 0.241 e. The Morgan fingerprint density at radius 1 is 1.33 bits per heavy atom. The van der Waals surface area contributed by atoms with E-state index < -0.39 is 10.0 Å². The summed E-state index contributed by atoms with van der Waals surface area (Å²) in [6.45, 7) is 4.78. The molecule has 1 unspecified atom stereocenters. The van der Waals surface area contributed by atoms with E-state index in [1.165, 1.54) is 6.07 Å². The number of sulfonamides is 1. The Morgan fingerprint density at radius 3 is 2.57 bits per heavy atom. The predicted molar refractivity (Wildman–Crippen MR) is 86.6 cm³/mol. The van der Waals surface area contributed by atoms with Gasteiger partial charge in [-0.25, -0.2) is 13.1 Å². The first-order valence-corrected chi connectivity index (χ1v) is 9.45. The number of nitrogens with zero attached hydrogens (tertiary/aromatic N) is 1.